The Morgan fingerprint density at radius 2 is 1.62 bits per heavy atom. The van der Waals surface area contributed by atoms with E-state index in [1.165, 1.54) is 19.3 Å². The minimum absolute atomic E-state index is 0.182. The fourth-order valence-electron chi connectivity index (χ4n) is 2.88. The summed E-state index contributed by atoms with van der Waals surface area (Å²) in [6.07, 6.45) is 4.82. The van der Waals surface area contributed by atoms with E-state index in [4.69, 9.17) is 16.3 Å². The fourth-order valence-corrected chi connectivity index (χ4v) is 3.03. The van der Waals surface area contributed by atoms with Crippen molar-refractivity contribution in [2.24, 2.45) is 0 Å². The number of hydrogen-bond donors (Lipinski definition) is 0. The quantitative estimate of drug-likeness (QED) is 0.834. The largest absolute Gasteiger partial charge is 0.377 e. The maximum absolute atomic E-state index is 6.12. The zero-order chi connectivity index (χ0) is 14.7. The first kappa shape index (κ1) is 14.8. The smallest absolute Gasteiger partial charge is 0.231 e. The normalized spacial score (nSPS) is 24.0. The fraction of sp³-hybridized carbons (Fsp3) is 0.786. The zero-order valence-electron chi connectivity index (χ0n) is 12.5. The van der Waals surface area contributed by atoms with Crippen molar-refractivity contribution in [1.82, 2.24) is 15.0 Å². The number of halogens is 1. The second kappa shape index (κ2) is 6.75. The molecule has 3 heterocycles. The third-order valence-corrected chi connectivity index (χ3v) is 4.13. The molecule has 3 rings (SSSR count). The highest BCUT2D eigenvalue weighted by atomic mass is 35.5. The van der Waals surface area contributed by atoms with E-state index in [2.05, 4.69) is 31.7 Å². The van der Waals surface area contributed by atoms with Crippen LogP contribution in [0.2, 0.25) is 5.28 Å². The molecule has 1 aromatic heterocycles. The molecule has 7 heteroatoms. The van der Waals surface area contributed by atoms with Crippen LogP contribution in [-0.2, 0) is 4.74 Å². The Hall–Kier alpha value is -1.14. The minimum atomic E-state index is 0.182. The first-order chi connectivity index (χ1) is 10.2. The number of nitrogens with zero attached hydrogens (tertiary/aromatic N) is 5. The summed E-state index contributed by atoms with van der Waals surface area (Å²) < 4.78 is 5.68. The molecule has 2 fully saturated rings. The molecule has 1 atom stereocenters. The van der Waals surface area contributed by atoms with Crippen molar-refractivity contribution >= 4 is 23.5 Å². The van der Waals surface area contributed by atoms with Crippen molar-refractivity contribution in [3.63, 3.8) is 0 Å². The van der Waals surface area contributed by atoms with Gasteiger partial charge in [-0.25, -0.2) is 0 Å². The first-order valence-electron chi connectivity index (χ1n) is 7.75. The topological polar surface area (TPSA) is 54.4 Å². The molecule has 21 heavy (non-hydrogen) atoms. The van der Waals surface area contributed by atoms with Crippen LogP contribution >= 0.6 is 11.6 Å². The minimum Gasteiger partial charge on any atom is -0.377 e. The highest BCUT2D eigenvalue weighted by molar-refractivity contribution is 6.28. The zero-order valence-corrected chi connectivity index (χ0v) is 13.2. The molecule has 0 radical (unpaired) electrons. The summed E-state index contributed by atoms with van der Waals surface area (Å²) >= 11 is 6.12. The molecule has 2 saturated heterocycles. The lowest BCUT2D eigenvalue weighted by molar-refractivity contribution is 0.0820. The van der Waals surface area contributed by atoms with Crippen molar-refractivity contribution in [2.45, 2.75) is 38.7 Å². The number of anilines is 2. The van der Waals surface area contributed by atoms with Crippen LogP contribution in [0, 0.1) is 0 Å². The molecule has 0 bridgehead atoms. The molecular weight excluding hydrogens is 290 g/mol. The molecule has 2 aliphatic heterocycles. The van der Waals surface area contributed by atoms with E-state index in [1.807, 2.05) is 0 Å². The number of rotatable bonds is 2. The lowest BCUT2D eigenvalue weighted by atomic mass is 10.1. The van der Waals surface area contributed by atoms with E-state index in [9.17, 15) is 0 Å². The number of piperidine rings is 1. The summed E-state index contributed by atoms with van der Waals surface area (Å²) in [6, 6.07) is 0. The third-order valence-electron chi connectivity index (χ3n) is 3.96. The second-order valence-electron chi connectivity index (χ2n) is 5.73. The lowest BCUT2D eigenvalue weighted by Gasteiger charge is -2.28. The Morgan fingerprint density at radius 3 is 2.38 bits per heavy atom. The van der Waals surface area contributed by atoms with Gasteiger partial charge in [-0.2, -0.15) is 15.0 Å². The Labute approximate surface area is 130 Å². The SMILES string of the molecule is CC1CN(c2nc(Cl)nc(N3CCCCC3)n2)CCCO1. The summed E-state index contributed by atoms with van der Waals surface area (Å²) in [6.45, 7) is 6.55. The molecule has 6 nitrogen and oxygen atoms in total. The molecule has 0 aromatic carbocycles. The molecular formula is C14H22ClN5O. The van der Waals surface area contributed by atoms with Gasteiger partial charge >= 0.3 is 0 Å². The summed E-state index contributed by atoms with van der Waals surface area (Å²) in [4.78, 5) is 17.6. The van der Waals surface area contributed by atoms with Crippen LogP contribution < -0.4 is 9.80 Å². The number of aromatic nitrogens is 3. The maximum Gasteiger partial charge on any atom is 0.231 e. The molecule has 116 valence electrons. The Balaban J connectivity index is 1.82. The molecule has 0 aliphatic carbocycles. The van der Waals surface area contributed by atoms with Crippen LogP contribution in [-0.4, -0.2) is 53.8 Å². The second-order valence-corrected chi connectivity index (χ2v) is 6.07. The van der Waals surface area contributed by atoms with Gasteiger partial charge in [0.05, 0.1) is 6.10 Å². The molecule has 0 saturated carbocycles. The lowest BCUT2D eigenvalue weighted by Crippen LogP contribution is -2.34. The monoisotopic (exact) mass is 311 g/mol. The highest BCUT2D eigenvalue weighted by Gasteiger charge is 2.21. The van der Waals surface area contributed by atoms with Crippen LogP contribution in [0.25, 0.3) is 0 Å². The first-order valence-corrected chi connectivity index (χ1v) is 8.13. The van der Waals surface area contributed by atoms with Gasteiger partial charge in [-0.15, -0.1) is 0 Å². The van der Waals surface area contributed by atoms with Gasteiger partial charge in [-0.3, -0.25) is 0 Å². The Kier molecular flexibility index (Phi) is 4.75. The standard InChI is InChI=1S/C14H22ClN5O/c1-11-10-20(8-5-9-21-11)14-17-12(15)16-13(18-14)19-6-3-2-4-7-19/h11H,2-10H2,1H3. The number of hydrogen-bond acceptors (Lipinski definition) is 6. The van der Waals surface area contributed by atoms with E-state index in [0.29, 0.717) is 11.9 Å². The predicted octanol–water partition coefficient (Wildman–Crippen LogP) is 2.13. The van der Waals surface area contributed by atoms with Gasteiger partial charge in [-0.1, -0.05) is 0 Å². The van der Waals surface area contributed by atoms with Crippen LogP contribution in [0.15, 0.2) is 0 Å². The third kappa shape index (κ3) is 3.74. The van der Waals surface area contributed by atoms with Crippen LogP contribution in [0.4, 0.5) is 11.9 Å². The van der Waals surface area contributed by atoms with Crippen LogP contribution in [0.1, 0.15) is 32.6 Å². The summed E-state index contributed by atoms with van der Waals surface area (Å²) in [7, 11) is 0. The van der Waals surface area contributed by atoms with E-state index in [1.54, 1.807) is 0 Å². The van der Waals surface area contributed by atoms with Crippen molar-refractivity contribution < 1.29 is 4.74 Å². The summed E-state index contributed by atoms with van der Waals surface area (Å²) in [5, 5.41) is 0.276. The average Bonchev–Trinajstić information content (AvgIpc) is 2.72. The highest BCUT2D eigenvalue weighted by Crippen LogP contribution is 2.21. The van der Waals surface area contributed by atoms with Gasteiger partial charge in [0, 0.05) is 32.8 Å². The Bertz CT molecular complexity index is 480. The molecule has 1 aromatic rings. The molecule has 0 amide bonds. The molecule has 0 spiro atoms. The molecule has 2 aliphatic rings. The van der Waals surface area contributed by atoms with Crippen molar-refractivity contribution in [2.75, 3.05) is 42.6 Å². The van der Waals surface area contributed by atoms with E-state index in [-0.39, 0.29) is 11.4 Å². The Morgan fingerprint density at radius 1 is 0.952 bits per heavy atom. The van der Waals surface area contributed by atoms with Crippen LogP contribution in [0.3, 0.4) is 0 Å². The average molecular weight is 312 g/mol. The van der Waals surface area contributed by atoms with Gasteiger partial charge < -0.3 is 14.5 Å². The van der Waals surface area contributed by atoms with Crippen LogP contribution in [0.5, 0.6) is 0 Å². The summed E-state index contributed by atoms with van der Waals surface area (Å²) in [5.41, 5.74) is 0. The maximum atomic E-state index is 6.12. The van der Waals surface area contributed by atoms with Crippen molar-refractivity contribution in [3.8, 4) is 0 Å². The van der Waals surface area contributed by atoms with Gasteiger partial charge in [0.25, 0.3) is 0 Å². The predicted molar refractivity (Wildman–Crippen MR) is 83.1 cm³/mol. The van der Waals surface area contributed by atoms with Gasteiger partial charge in [0.2, 0.25) is 17.2 Å². The summed E-state index contributed by atoms with van der Waals surface area (Å²) in [5.74, 6) is 1.38. The van der Waals surface area contributed by atoms with Gasteiger partial charge in [0.1, 0.15) is 0 Å². The van der Waals surface area contributed by atoms with Crippen molar-refractivity contribution in [1.29, 1.82) is 0 Å². The van der Waals surface area contributed by atoms with E-state index >= 15 is 0 Å². The van der Waals surface area contributed by atoms with E-state index < -0.39 is 0 Å². The molecule has 1 unspecified atom stereocenters. The van der Waals surface area contributed by atoms with Crippen molar-refractivity contribution in [3.05, 3.63) is 5.28 Å². The van der Waals surface area contributed by atoms with Gasteiger partial charge in [-0.05, 0) is 44.2 Å². The van der Waals surface area contributed by atoms with Gasteiger partial charge in [0.15, 0.2) is 0 Å². The van der Waals surface area contributed by atoms with E-state index in [0.717, 1.165) is 39.2 Å². The number of ether oxygens (including phenoxy) is 1. The molecule has 0 N–H and O–H groups in total.